The standard InChI is InChI=1S/C4H10N2OS.ClH/c1-2-7-3-8-4(5)6;/h2-3H2,1H3,(H3,5,6);1H. The van der Waals surface area contributed by atoms with Gasteiger partial charge in [-0.15, -0.1) is 12.4 Å². The molecule has 0 amide bonds. The van der Waals surface area contributed by atoms with Crippen molar-refractivity contribution < 1.29 is 4.74 Å². The third-order valence-electron chi connectivity index (χ3n) is 0.502. The summed E-state index contributed by atoms with van der Waals surface area (Å²) < 4.78 is 4.89. The molecule has 0 rings (SSSR count). The molecule has 0 aromatic heterocycles. The van der Waals surface area contributed by atoms with Crippen molar-refractivity contribution in [3.8, 4) is 0 Å². The number of amidine groups is 1. The van der Waals surface area contributed by atoms with E-state index in [-0.39, 0.29) is 17.6 Å². The van der Waals surface area contributed by atoms with Gasteiger partial charge in [0.2, 0.25) is 0 Å². The maximum atomic E-state index is 6.73. The Morgan fingerprint density at radius 3 is 2.67 bits per heavy atom. The molecule has 5 heteroatoms. The van der Waals surface area contributed by atoms with Crippen LogP contribution in [0.5, 0.6) is 0 Å². The fourth-order valence-electron chi connectivity index (χ4n) is 0.188. The van der Waals surface area contributed by atoms with E-state index in [0.717, 1.165) is 0 Å². The van der Waals surface area contributed by atoms with Crippen LogP contribution in [-0.4, -0.2) is 17.7 Å². The van der Waals surface area contributed by atoms with E-state index in [1.54, 1.807) is 0 Å². The predicted octanol–water partition coefficient (Wildman–Crippen LogP) is 1.03. The summed E-state index contributed by atoms with van der Waals surface area (Å²) in [6.07, 6.45) is 0. The van der Waals surface area contributed by atoms with Crippen LogP contribution < -0.4 is 5.73 Å². The first-order chi connectivity index (χ1) is 3.77. The van der Waals surface area contributed by atoms with Crippen molar-refractivity contribution in [1.82, 2.24) is 0 Å². The van der Waals surface area contributed by atoms with Crippen molar-refractivity contribution in [2.75, 3.05) is 12.5 Å². The van der Waals surface area contributed by atoms with Gasteiger partial charge < -0.3 is 10.5 Å². The van der Waals surface area contributed by atoms with Crippen LogP contribution in [0.2, 0.25) is 0 Å². The molecule has 0 aromatic rings. The highest BCUT2D eigenvalue weighted by Gasteiger charge is 1.86. The van der Waals surface area contributed by atoms with E-state index in [4.69, 9.17) is 15.9 Å². The van der Waals surface area contributed by atoms with Crippen LogP contribution in [0.3, 0.4) is 0 Å². The van der Waals surface area contributed by atoms with Gasteiger partial charge in [-0.25, -0.2) is 0 Å². The molecule has 0 radical (unpaired) electrons. The van der Waals surface area contributed by atoms with Crippen LogP contribution in [0.25, 0.3) is 0 Å². The first-order valence-electron chi connectivity index (χ1n) is 2.32. The van der Waals surface area contributed by atoms with E-state index in [1.807, 2.05) is 6.92 Å². The van der Waals surface area contributed by atoms with Gasteiger partial charge in [-0.1, -0.05) is 11.8 Å². The molecule has 0 aliphatic carbocycles. The van der Waals surface area contributed by atoms with Crippen LogP contribution in [0, 0.1) is 5.41 Å². The highest BCUT2D eigenvalue weighted by Crippen LogP contribution is 1.96. The molecule has 0 fully saturated rings. The zero-order valence-corrected chi connectivity index (χ0v) is 6.85. The number of thioether (sulfide) groups is 1. The average molecular weight is 171 g/mol. The monoisotopic (exact) mass is 170 g/mol. The molecule has 0 unspecified atom stereocenters. The van der Waals surface area contributed by atoms with Crippen molar-refractivity contribution in [2.45, 2.75) is 6.92 Å². The Morgan fingerprint density at radius 1 is 1.78 bits per heavy atom. The zero-order valence-electron chi connectivity index (χ0n) is 5.22. The van der Waals surface area contributed by atoms with Crippen molar-refractivity contribution >= 4 is 29.3 Å². The van der Waals surface area contributed by atoms with Gasteiger partial charge >= 0.3 is 0 Å². The summed E-state index contributed by atoms with van der Waals surface area (Å²) in [6, 6.07) is 0. The summed E-state index contributed by atoms with van der Waals surface area (Å²) in [4.78, 5) is 0. The molecule has 3 N–H and O–H groups in total. The summed E-state index contributed by atoms with van der Waals surface area (Å²) in [5.74, 6) is 0.492. The second-order valence-corrected chi connectivity index (χ2v) is 2.08. The summed E-state index contributed by atoms with van der Waals surface area (Å²) in [5, 5.41) is 6.84. The number of halogens is 1. The van der Waals surface area contributed by atoms with Gasteiger partial charge in [0.25, 0.3) is 0 Å². The van der Waals surface area contributed by atoms with E-state index >= 15 is 0 Å². The average Bonchev–Trinajstić information content (AvgIpc) is 1.66. The van der Waals surface area contributed by atoms with Gasteiger partial charge in [0.1, 0.15) is 0 Å². The smallest absolute Gasteiger partial charge is 0.153 e. The van der Waals surface area contributed by atoms with E-state index in [0.29, 0.717) is 12.5 Å². The molecule has 0 spiro atoms. The van der Waals surface area contributed by atoms with Gasteiger partial charge in [-0.3, -0.25) is 5.41 Å². The first-order valence-corrected chi connectivity index (χ1v) is 3.30. The second-order valence-electron chi connectivity index (χ2n) is 1.12. The second kappa shape index (κ2) is 8.07. The highest BCUT2D eigenvalue weighted by molar-refractivity contribution is 8.13. The largest absolute Gasteiger partial charge is 0.379 e. The van der Waals surface area contributed by atoms with Gasteiger partial charge in [-0.05, 0) is 6.92 Å². The van der Waals surface area contributed by atoms with Gasteiger partial charge in [0, 0.05) is 6.61 Å². The Labute approximate surface area is 65.2 Å². The molecule has 0 saturated carbocycles. The van der Waals surface area contributed by atoms with Crippen LogP contribution in [0.15, 0.2) is 0 Å². The Morgan fingerprint density at radius 2 is 2.33 bits per heavy atom. The number of nitrogens with two attached hydrogens (primary N) is 1. The minimum Gasteiger partial charge on any atom is -0.379 e. The zero-order chi connectivity index (χ0) is 6.41. The molecule has 0 aliphatic heterocycles. The van der Waals surface area contributed by atoms with Crippen molar-refractivity contribution in [1.29, 1.82) is 5.41 Å². The lowest BCUT2D eigenvalue weighted by Crippen LogP contribution is -2.05. The van der Waals surface area contributed by atoms with E-state index < -0.39 is 0 Å². The maximum absolute atomic E-state index is 6.73. The van der Waals surface area contributed by atoms with Crippen LogP contribution in [-0.2, 0) is 4.74 Å². The van der Waals surface area contributed by atoms with E-state index in [2.05, 4.69) is 0 Å². The highest BCUT2D eigenvalue weighted by atomic mass is 35.5. The molecular formula is C4H11ClN2OS. The quantitative estimate of drug-likeness (QED) is 0.288. The molecule has 0 saturated heterocycles. The molecule has 3 nitrogen and oxygen atoms in total. The SMILES string of the molecule is CCOCSC(=N)N.Cl. The lowest BCUT2D eigenvalue weighted by molar-refractivity contribution is 0.200. The van der Waals surface area contributed by atoms with Gasteiger partial charge in [0.05, 0.1) is 5.94 Å². The molecule has 0 aromatic carbocycles. The molecule has 56 valence electrons. The third kappa shape index (κ3) is 11.6. The molecule has 0 aliphatic rings. The number of rotatable bonds is 3. The van der Waals surface area contributed by atoms with Gasteiger partial charge in [-0.2, -0.15) is 0 Å². The molecule has 0 atom stereocenters. The van der Waals surface area contributed by atoms with Crippen molar-refractivity contribution in [2.24, 2.45) is 5.73 Å². The first kappa shape index (κ1) is 11.8. The van der Waals surface area contributed by atoms with E-state index in [1.165, 1.54) is 11.8 Å². The normalized spacial score (nSPS) is 8.11. The minimum absolute atomic E-state index is 0. The number of nitrogens with one attached hydrogen (secondary N) is 1. The van der Waals surface area contributed by atoms with Crippen LogP contribution in [0.4, 0.5) is 0 Å². The lowest BCUT2D eigenvalue weighted by Gasteiger charge is -1.96. The van der Waals surface area contributed by atoms with Crippen LogP contribution >= 0.6 is 24.2 Å². The summed E-state index contributed by atoms with van der Waals surface area (Å²) in [7, 11) is 0. The topological polar surface area (TPSA) is 59.1 Å². The fourth-order valence-corrected chi connectivity index (χ4v) is 0.565. The van der Waals surface area contributed by atoms with Crippen LogP contribution in [0.1, 0.15) is 6.92 Å². The summed E-state index contributed by atoms with van der Waals surface area (Å²) in [5.41, 5.74) is 5.00. The molecule has 9 heavy (non-hydrogen) atoms. The fraction of sp³-hybridized carbons (Fsp3) is 0.750. The Kier molecular flexibility index (Phi) is 10.6. The molecule has 0 bridgehead atoms. The molecule has 0 heterocycles. The molecular weight excluding hydrogens is 160 g/mol. The maximum Gasteiger partial charge on any atom is 0.153 e. The third-order valence-corrected chi connectivity index (χ3v) is 1.10. The predicted molar refractivity (Wildman–Crippen MR) is 43.2 cm³/mol. The lowest BCUT2D eigenvalue weighted by atomic mass is 10.9. The van der Waals surface area contributed by atoms with Crippen molar-refractivity contribution in [3.05, 3.63) is 0 Å². The number of hydrogen-bond donors (Lipinski definition) is 2. The number of ether oxygens (including phenoxy) is 1. The Balaban J connectivity index is 0. The minimum atomic E-state index is 0. The van der Waals surface area contributed by atoms with Crippen molar-refractivity contribution in [3.63, 3.8) is 0 Å². The Hall–Kier alpha value is 0.0700. The van der Waals surface area contributed by atoms with E-state index in [9.17, 15) is 0 Å². The van der Waals surface area contributed by atoms with Gasteiger partial charge in [0.15, 0.2) is 5.17 Å². The summed E-state index contributed by atoms with van der Waals surface area (Å²) >= 11 is 1.19. The Bertz CT molecular complexity index is 81.0. The number of hydrogen-bond acceptors (Lipinski definition) is 3. The summed E-state index contributed by atoms with van der Waals surface area (Å²) in [6.45, 7) is 2.58.